The van der Waals surface area contributed by atoms with Gasteiger partial charge in [0.1, 0.15) is 10.3 Å². The van der Waals surface area contributed by atoms with E-state index in [-0.39, 0.29) is 10.5 Å². The number of benzene rings is 2. The largest absolute Gasteiger partial charge is 0.310 e. The van der Waals surface area contributed by atoms with Crippen molar-refractivity contribution in [3.05, 3.63) is 74.5 Å². The van der Waals surface area contributed by atoms with Crippen LogP contribution in [0.4, 0.5) is 4.39 Å². The molecule has 1 amide bonds. The first-order chi connectivity index (χ1) is 11.2. The van der Waals surface area contributed by atoms with Gasteiger partial charge < -0.3 is 5.32 Å². The van der Waals surface area contributed by atoms with Gasteiger partial charge in [0.15, 0.2) is 5.03 Å². The average Bonchev–Trinajstić information content (AvgIpc) is 2.53. The van der Waals surface area contributed by atoms with Crippen LogP contribution < -0.4 is 5.32 Å². The fourth-order valence-corrected chi connectivity index (χ4v) is 3.71. The number of nitrogens with one attached hydrogen (secondary N) is 1. The van der Waals surface area contributed by atoms with Gasteiger partial charge in [-0.25, -0.2) is 12.8 Å². The van der Waals surface area contributed by atoms with Crippen molar-refractivity contribution < 1.29 is 17.6 Å². The van der Waals surface area contributed by atoms with Crippen LogP contribution in [-0.2, 0) is 9.84 Å². The van der Waals surface area contributed by atoms with Crippen LogP contribution in [0, 0.1) is 5.82 Å². The molecule has 0 spiro atoms. The monoisotopic (exact) mass is 407 g/mol. The SMILES string of the molecule is O=C(NC(=C(Cl)Cl)S(=O)(=O)c1ccc(Cl)cc1)c1ccc(F)cc1. The summed E-state index contributed by atoms with van der Waals surface area (Å²) >= 11 is 17.0. The number of carbonyl (C=O) groups excluding carboxylic acids is 1. The molecule has 2 aromatic carbocycles. The van der Waals surface area contributed by atoms with E-state index in [2.05, 4.69) is 5.32 Å². The lowest BCUT2D eigenvalue weighted by Gasteiger charge is -2.11. The molecule has 0 heterocycles. The molecule has 0 aliphatic carbocycles. The third-order valence-corrected chi connectivity index (χ3v) is 5.49. The highest BCUT2D eigenvalue weighted by Crippen LogP contribution is 2.25. The fraction of sp³-hybridized carbons (Fsp3) is 0. The maximum Gasteiger partial charge on any atom is 0.256 e. The third-order valence-electron chi connectivity index (χ3n) is 2.90. The Bertz CT molecular complexity index is 891. The zero-order valence-corrected chi connectivity index (χ0v) is 14.8. The predicted molar refractivity (Wildman–Crippen MR) is 91.2 cm³/mol. The molecule has 0 aliphatic rings. The average molecular weight is 409 g/mol. The van der Waals surface area contributed by atoms with Gasteiger partial charge in [0.2, 0.25) is 9.84 Å². The molecule has 0 bridgehead atoms. The summed E-state index contributed by atoms with van der Waals surface area (Å²) in [5.74, 6) is -1.34. The zero-order valence-electron chi connectivity index (χ0n) is 11.8. The highest BCUT2D eigenvalue weighted by molar-refractivity contribution is 7.95. The van der Waals surface area contributed by atoms with Gasteiger partial charge in [-0.2, -0.15) is 0 Å². The normalized spacial score (nSPS) is 11.0. The third kappa shape index (κ3) is 4.27. The maximum atomic E-state index is 12.9. The molecule has 0 aromatic heterocycles. The number of hydrogen-bond donors (Lipinski definition) is 1. The number of rotatable bonds is 4. The van der Waals surface area contributed by atoms with Crippen LogP contribution in [-0.4, -0.2) is 14.3 Å². The quantitative estimate of drug-likeness (QED) is 0.821. The van der Waals surface area contributed by atoms with Gasteiger partial charge in [-0.15, -0.1) is 0 Å². The van der Waals surface area contributed by atoms with Gasteiger partial charge in [0.25, 0.3) is 5.91 Å². The lowest BCUT2D eigenvalue weighted by molar-refractivity contribution is 0.0968. The molecule has 24 heavy (non-hydrogen) atoms. The van der Waals surface area contributed by atoms with E-state index in [0.29, 0.717) is 5.02 Å². The van der Waals surface area contributed by atoms with Gasteiger partial charge in [0.05, 0.1) is 4.90 Å². The van der Waals surface area contributed by atoms with E-state index < -0.39 is 31.1 Å². The molecule has 0 atom stereocenters. The first-order valence-electron chi connectivity index (χ1n) is 6.34. The molecule has 2 aromatic rings. The van der Waals surface area contributed by atoms with E-state index in [9.17, 15) is 17.6 Å². The number of hydrogen-bond acceptors (Lipinski definition) is 3. The highest BCUT2D eigenvalue weighted by atomic mass is 35.5. The van der Waals surface area contributed by atoms with Gasteiger partial charge in [-0.05, 0) is 48.5 Å². The molecule has 0 saturated carbocycles. The van der Waals surface area contributed by atoms with Crippen LogP contribution in [0.1, 0.15) is 10.4 Å². The Morgan fingerprint density at radius 3 is 2.00 bits per heavy atom. The molecule has 9 heteroatoms. The molecular weight excluding hydrogens is 400 g/mol. The first-order valence-corrected chi connectivity index (χ1v) is 8.96. The van der Waals surface area contributed by atoms with E-state index in [0.717, 1.165) is 12.1 Å². The Labute approximate surface area is 152 Å². The second kappa shape index (κ2) is 7.53. The van der Waals surface area contributed by atoms with Crippen LogP contribution in [0.5, 0.6) is 0 Å². The lowest BCUT2D eigenvalue weighted by Crippen LogP contribution is -2.28. The number of halogens is 4. The summed E-state index contributed by atoms with van der Waals surface area (Å²) in [5, 5.41) is 1.80. The number of sulfone groups is 1. The summed E-state index contributed by atoms with van der Waals surface area (Å²) in [7, 11) is -4.18. The molecule has 2 rings (SSSR count). The van der Waals surface area contributed by atoms with E-state index in [1.165, 1.54) is 36.4 Å². The number of carbonyl (C=O) groups is 1. The Morgan fingerprint density at radius 2 is 1.50 bits per heavy atom. The van der Waals surface area contributed by atoms with E-state index in [1.54, 1.807) is 0 Å². The van der Waals surface area contributed by atoms with Crippen molar-refractivity contribution in [2.45, 2.75) is 4.90 Å². The van der Waals surface area contributed by atoms with Crippen LogP contribution in [0.15, 0.2) is 62.9 Å². The second-order valence-electron chi connectivity index (χ2n) is 4.51. The highest BCUT2D eigenvalue weighted by Gasteiger charge is 2.26. The minimum absolute atomic E-state index is 0.0368. The molecular formula is C15H9Cl3FNO3S. The van der Waals surface area contributed by atoms with Crippen molar-refractivity contribution in [3.8, 4) is 0 Å². The Balaban J connectivity index is 2.36. The molecule has 126 valence electrons. The maximum absolute atomic E-state index is 12.9. The lowest BCUT2D eigenvalue weighted by atomic mass is 10.2. The Morgan fingerprint density at radius 1 is 0.958 bits per heavy atom. The van der Waals surface area contributed by atoms with Crippen molar-refractivity contribution >= 4 is 50.5 Å². The van der Waals surface area contributed by atoms with Gasteiger partial charge in [-0.3, -0.25) is 4.79 Å². The number of amides is 1. The molecule has 0 radical (unpaired) electrons. The van der Waals surface area contributed by atoms with Gasteiger partial charge in [-0.1, -0.05) is 34.8 Å². The smallest absolute Gasteiger partial charge is 0.256 e. The van der Waals surface area contributed by atoms with Crippen LogP contribution in [0.25, 0.3) is 0 Å². The van der Waals surface area contributed by atoms with Gasteiger partial charge >= 0.3 is 0 Å². The van der Waals surface area contributed by atoms with E-state index in [4.69, 9.17) is 34.8 Å². The molecule has 0 saturated heterocycles. The van der Waals surface area contributed by atoms with E-state index >= 15 is 0 Å². The van der Waals surface area contributed by atoms with Crippen molar-refractivity contribution in [2.24, 2.45) is 0 Å². The summed E-state index contributed by atoms with van der Waals surface area (Å²) < 4.78 is 37.4. The summed E-state index contributed by atoms with van der Waals surface area (Å²) in [6.45, 7) is 0. The fourth-order valence-electron chi connectivity index (χ4n) is 1.72. The van der Waals surface area contributed by atoms with Crippen molar-refractivity contribution in [1.29, 1.82) is 0 Å². The Kier molecular flexibility index (Phi) is 5.87. The minimum Gasteiger partial charge on any atom is -0.310 e. The Hall–Kier alpha value is -1.60. The van der Waals surface area contributed by atoms with Gasteiger partial charge in [0, 0.05) is 10.6 Å². The minimum atomic E-state index is -4.18. The second-order valence-corrected chi connectivity index (χ2v) is 7.78. The van der Waals surface area contributed by atoms with Crippen molar-refractivity contribution in [1.82, 2.24) is 5.32 Å². The van der Waals surface area contributed by atoms with Crippen LogP contribution >= 0.6 is 34.8 Å². The summed E-state index contributed by atoms with van der Waals surface area (Å²) in [6.07, 6.45) is 0. The van der Waals surface area contributed by atoms with Crippen LogP contribution in [0.2, 0.25) is 5.02 Å². The zero-order chi connectivity index (χ0) is 17.9. The topological polar surface area (TPSA) is 63.2 Å². The molecule has 0 fully saturated rings. The summed E-state index contributed by atoms with van der Waals surface area (Å²) in [5.41, 5.74) is 0.0368. The predicted octanol–water partition coefficient (Wildman–Crippen LogP) is 4.29. The standard InChI is InChI=1S/C15H9Cl3FNO3S/c16-10-3-7-12(8-4-10)24(22,23)15(13(17)18)20-14(21)9-1-5-11(19)6-2-9/h1-8H,(H,20,21). The molecule has 4 nitrogen and oxygen atoms in total. The van der Waals surface area contributed by atoms with Crippen molar-refractivity contribution in [2.75, 3.05) is 0 Å². The van der Waals surface area contributed by atoms with Crippen LogP contribution in [0.3, 0.4) is 0 Å². The van der Waals surface area contributed by atoms with E-state index in [1.807, 2.05) is 0 Å². The molecule has 0 aliphatic heterocycles. The molecule has 0 unspecified atom stereocenters. The van der Waals surface area contributed by atoms with Crippen molar-refractivity contribution in [3.63, 3.8) is 0 Å². The molecule has 1 N–H and O–H groups in total. The summed E-state index contributed by atoms with van der Waals surface area (Å²) in [4.78, 5) is 12.0. The first kappa shape index (κ1) is 18.7. The summed E-state index contributed by atoms with van der Waals surface area (Å²) in [6, 6.07) is 9.75.